The van der Waals surface area contributed by atoms with Gasteiger partial charge in [-0.15, -0.1) is 0 Å². The monoisotopic (exact) mass is 169 g/mol. The molecule has 0 bridgehead atoms. The first-order valence-electron chi connectivity index (χ1n) is 3.50. The number of nitrogens with zero attached hydrogens (tertiary/aromatic N) is 2. The quantitative estimate of drug-likeness (QED) is 0.636. The molecule has 0 fully saturated rings. The highest BCUT2D eigenvalue weighted by Crippen LogP contribution is 2.07. The van der Waals surface area contributed by atoms with Gasteiger partial charge in [-0.2, -0.15) is 0 Å². The van der Waals surface area contributed by atoms with Crippen LogP contribution in [0.3, 0.4) is 0 Å². The van der Waals surface area contributed by atoms with E-state index in [0.29, 0.717) is 11.6 Å². The number of methoxy groups -OCH3 is 1. The van der Waals surface area contributed by atoms with Crippen LogP contribution < -0.4 is 10.5 Å². The molecule has 3 N–H and O–H groups in total. The molecule has 0 radical (unpaired) electrons. The van der Waals surface area contributed by atoms with E-state index in [0.717, 1.165) is 0 Å². The van der Waals surface area contributed by atoms with Gasteiger partial charge in [0.25, 0.3) is 0 Å². The van der Waals surface area contributed by atoms with Crippen LogP contribution in [-0.2, 0) is 0 Å². The lowest BCUT2D eigenvalue weighted by Crippen LogP contribution is -2.16. The van der Waals surface area contributed by atoms with E-state index in [1.54, 1.807) is 0 Å². The van der Waals surface area contributed by atoms with Crippen molar-refractivity contribution in [3.05, 3.63) is 18.1 Å². The second-order valence-corrected chi connectivity index (χ2v) is 2.27. The Morgan fingerprint density at radius 2 is 2.33 bits per heavy atom. The summed E-state index contributed by atoms with van der Waals surface area (Å²) in [5, 5.41) is 8.69. The number of hydrogen-bond donors (Lipinski definition) is 2. The van der Waals surface area contributed by atoms with Gasteiger partial charge in [0, 0.05) is 0 Å². The molecule has 0 aliphatic heterocycles. The molecule has 1 atom stereocenters. The highest BCUT2D eigenvalue weighted by molar-refractivity contribution is 5.09. The predicted molar refractivity (Wildman–Crippen MR) is 42.6 cm³/mol. The van der Waals surface area contributed by atoms with E-state index in [4.69, 9.17) is 15.6 Å². The van der Waals surface area contributed by atoms with Crippen LogP contribution in [0.5, 0.6) is 5.88 Å². The Balaban J connectivity index is 2.77. The fourth-order valence-corrected chi connectivity index (χ4v) is 0.717. The van der Waals surface area contributed by atoms with Crippen molar-refractivity contribution in [3.8, 4) is 5.88 Å². The lowest BCUT2D eigenvalue weighted by molar-refractivity contribution is 0.265. The molecule has 0 saturated heterocycles. The van der Waals surface area contributed by atoms with Gasteiger partial charge in [-0.05, 0) is 0 Å². The van der Waals surface area contributed by atoms with Gasteiger partial charge in [0.05, 0.1) is 37.8 Å². The molecule has 0 aromatic carbocycles. The van der Waals surface area contributed by atoms with E-state index in [1.807, 2.05) is 0 Å². The minimum atomic E-state index is -0.469. The van der Waals surface area contributed by atoms with Crippen molar-refractivity contribution < 1.29 is 9.84 Å². The van der Waals surface area contributed by atoms with Gasteiger partial charge in [-0.25, -0.2) is 4.98 Å². The van der Waals surface area contributed by atoms with Gasteiger partial charge in [0.1, 0.15) is 0 Å². The number of aliphatic hydroxyl groups is 1. The van der Waals surface area contributed by atoms with Crippen molar-refractivity contribution in [2.45, 2.75) is 6.04 Å². The number of aliphatic hydroxyl groups excluding tert-OH is 1. The van der Waals surface area contributed by atoms with Crippen LogP contribution in [0, 0.1) is 0 Å². The second kappa shape index (κ2) is 3.99. The molecule has 1 heterocycles. The van der Waals surface area contributed by atoms with E-state index in [9.17, 15) is 0 Å². The van der Waals surface area contributed by atoms with Crippen molar-refractivity contribution in [1.82, 2.24) is 9.97 Å². The van der Waals surface area contributed by atoms with E-state index in [2.05, 4.69) is 9.97 Å². The summed E-state index contributed by atoms with van der Waals surface area (Å²) in [7, 11) is 1.51. The molecule has 12 heavy (non-hydrogen) atoms. The average Bonchev–Trinajstić information content (AvgIpc) is 2.17. The summed E-state index contributed by atoms with van der Waals surface area (Å²) in [5.41, 5.74) is 6.05. The Morgan fingerprint density at radius 1 is 1.58 bits per heavy atom. The highest BCUT2D eigenvalue weighted by Gasteiger charge is 2.05. The summed E-state index contributed by atoms with van der Waals surface area (Å²) in [5.74, 6) is 0.434. The average molecular weight is 169 g/mol. The molecule has 66 valence electrons. The molecule has 0 spiro atoms. The lowest BCUT2D eigenvalue weighted by atomic mass is 10.2. The van der Waals surface area contributed by atoms with E-state index < -0.39 is 6.04 Å². The number of rotatable bonds is 3. The van der Waals surface area contributed by atoms with Crippen LogP contribution >= 0.6 is 0 Å². The van der Waals surface area contributed by atoms with Gasteiger partial charge in [-0.1, -0.05) is 0 Å². The first-order valence-corrected chi connectivity index (χ1v) is 3.50. The van der Waals surface area contributed by atoms with Gasteiger partial charge >= 0.3 is 0 Å². The van der Waals surface area contributed by atoms with Crippen LogP contribution in [0.1, 0.15) is 11.7 Å². The molecule has 1 rings (SSSR count). The fourth-order valence-electron chi connectivity index (χ4n) is 0.717. The third kappa shape index (κ3) is 1.90. The maximum Gasteiger partial charge on any atom is 0.231 e. The standard InChI is InChI=1S/C7H11N3O2/c1-12-7-3-9-6(2-10-7)5(8)4-11/h2-3,5,11H,4,8H2,1H3. The zero-order chi connectivity index (χ0) is 8.97. The number of ether oxygens (including phenoxy) is 1. The normalized spacial score (nSPS) is 12.6. The Hall–Kier alpha value is -1.20. The topological polar surface area (TPSA) is 81.3 Å². The van der Waals surface area contributed by atoms with Crippen molar-refractivity contribution in [2.24, 2.45) is 5.73 Å². The molecule has 5 heteroatoms. The van der Waals surface area contributed by atoms with E-state index >= 15 is 0 Å². The zero-order valence-electron chi connectivity index (χ0n) is 6.77. The van der Waals surface area contributed by atoms with Crippen molar-refractivity contribution in [2.75, 3.05) is 13.7 Å². The van der Waals surface area contributed by atoms with Crippen LogP contribution in [0.4, 0.5) is 0 Å². The molecule has 1 aromatic heterocycles. The minimum absolute atomic E-state index is 0.138. The second-order valence-electron chi connectivity index (χ2n) is 2.27. The SMILES string of the molecule is COc1cnc(C(N)CO)cn1. The summed E-state index contributed by atoms with van der Waals surface area (Å²) in [6.07, 6.45) is 2.95. The van der Waals surface area contributed by atoms with Crippen molar-refractivity contribution in [1.29, 1.82) is 0 Å². The largest absolute Gasteiger partial charge is 0.480 e. The first kappa shape index (κ1) is 8.89. The van der Waals surface area contributed by atoms with Crippen LogP contribution in [0.25, 0.3) is 0 Å². The molecule has 0 saturated carbocycles. The molecule has 1 aromatic rings. The Labute approximate surface area is 70.2 Å². The summed E-state index contributed by atoms with van der Waals surface area (Å²) < 4.78 is 4.81. The summed E-state index contributed by atoms with van der Waals surface area (Å²) in [6, 6.07) is -0.469. The smallest absolute Gasteiger partial charge is 0.231 e. The first-order chi connectivity index (χ1) is 5.77. The van der Waals surface area contributed by atoms with Crippen LogP contribution in [0.15, 0.2) is 12.4 Å². The highest BCUT2D eigenvalue weighted by atomic mass is 16.5. The van der Waals surface area contributed by atoms with E-state index in [1.165, 1.54) is 19.5 Å². The summed E-state index contributed by atoms with van der Waals surface area (Å²) in [4.78, 5) is 7.84. The molecule has 0 aliphatic carbocycles. The van der Waals surface area contributed by atoms with Gasteiger partial charge in [0.15, 0.2) is 0 Å². The van der Waals surface area contributed by atoms with Crippen molar-refractivity contribution in [3.63, 3.8) is 0 Å². The Morgan fingerprint density at radius 3 is 2.75 bits per heavy atom. The molecule has 0 amide bonds. The van der Waals surface area contributed by atoms with Gasteiger partial charge in [-0.3, -0.25) is 4.98 Å². The number of hydrogen-bond acceptors (Lipinski definition) is 5. The maximum atomic E-state index is 8.69. The molecular formula is C7H11N3O2. The van der Waals surface area contributed by atoms with Crippen LogP contribution in [-0.4, -0.2) is 28.8 Å². The molecule has 0 aliphatic rings. The number of nitrogens with two attached hydrogens (primary N) is 1. The van der Waals surface area contributed by atoms with Crippen LogP contribution in [0.2, 0.25) is 0 Å². The molecule has 1 unspecified atom stereocenters. The third-order valence-corrected chi connectivity index (χ3v) is 1.43. The Kier molecular flexibility index (Phi) is 2.95. The van der Waals surface area contributed by atoms with E-state index in [-0.39, 0.29) is 6.61 Å². The zero-order valence-corrected chi connectivity index (χ0v) is 6.77. The lowest BCUT2D eigenvalue weighted by Gasteiger charge is -2.06. The van der Waals surface area contributed by atoms with Crippen molar-refractivity contribution >= 4 is 0 Å². The third-order valence-electron chi connectivity index (χ3n) is 1.43. The maximum absolute atomic E-state index is 8.69. The van der Waals surface area contributed by atoms with Gasteiger partial charge in [0.2, 0.25) is 5.88 Å². The predicted octanol–water partition coefficient (Wildman–Crippen LogP) is -0.523. The molecular weight excluding hydrogens is 158 g/mol. The number of aromatic nitrogens is 2. The Bertz CT molecular complexity index is 237. The summed E-state index contributed by atoms with van der Waals surface area (Å²) in [6.45, 7) is -0.138. The fraction of sp³-hybridized carbons (Fsp3) is 0.429. The summed E-state index contributed by atoms with van der Waals surface area (Å²) >= 11 is 0. The molecule has 5 nitrogen and oxygen atoms in total. The van der Waals surface area contributed by atoms with Gasteiger partial charge < -0.3 is 15.6 Å². The minimum Gasteiger partial charge on any atom is -0.480 e.